The van der Waals surface area contributed by atoms with Gasteiger partial charge in [-0.05, 0) is 74.1 Å². The number of rotatable bonds is 7. The molecule has 1 aliphatic rings. The number of amides is 2. The van der Waals surface area contributed by atoms with Gasteiger partial charge in [0.05, 0.1) is 18.6 Å². The van der Waals surface area contributed by atoms with E-state index in [9.17, 15) is 24.3 Å². The molecule has 0 saturated carbocycles. The number of aryl methyl sites for hydroxylation is 1. The van der Waals surface area contributed by atoms with Crippen LogP contribution in [0.1, 0.15) is 82.1 Å². The summed E-state index contributed by atoms with van der Waals surface area (Å²) in [4.78, 5) is 53.3. The van der Waals surface area contributed by atoms with Crippen molar-refractivity contribution in [3.05, 3.63) is 68.3 Å². The third kappa shape index (κ3) is 5.78. The van der Waals surface area contributed by atoms with Crippen LogP contribution < -0.4 is 11.1 Å². The minimum atomic E-state index is -1.25. The highest BCUT2D eigenvalue weighted by molar-refractivity contribution is 9.10. The van der Waals surface area contributed by atoms with Crippen LogP contribution in [0, 0.1) is 0 Å². The van der Waals surface area contributed by atoms with Gasteiger partial charge >= 0.3 is 18.0 Å². The molecule has 1 aliphatic carbocycles. The second-order valence-electron chi connectivity index (χ2n) is 10.5. The predicted molar refractivity (Wildman–Crippen MR) is 147 cm³/mol. The fourth-order valence-electron chi connectivity index (χ4n) is 5.25. The van der Waals surface area contributed by atoms with E-state index < -0.39 is 41.4 Å². The number of primary amides is 1. The number of hydrogen-bond donors (Lipinski definition) is 4. The molecule has 0 saturated heterocycles. The zero-order valence-electron chi connectivity index (χ0n) is 22.0. The smallest absolute Gasteiger partial charge is 0.407 e. The number of aromatic amines is 1. The Kier molecular flexibility index (Phi) is 7.74. The van der Waals surface area contributed by atoms with E-state index in [0.29, 0.717) is 29.5 Å². The van der Waals surface area contributed by atoms with Crippen molar-refractivity contribution >= 4 is 50.8 Å². The summed E-state index contributed by atoms with van der Waals surface area (Å²) in [5, 5.41) is 13.5. The Bertz CT molecular complexity index is 1490. The SMILES string of the molecule is COC(=O)c1[nH]c2cc(Br)cc3c2c1C(C(C(N)=O)c1ccc(CNC(=O)OC(C)(C)C)cc1C(=O)O)CC3. The van der Waals surface area contributed by atoms with Gasteiger partial charge in [-0.2, -0.15) is 0 Å². The highest BCUT2D eigenvalue weighted by atomic mass is 79.9. The van der Waals surface area contributed by atoms with E-state index in [1.807, 2.05) is 12.1 Å². The number of H-pyrrole nitrogens is 1. The topological polar surface area (TPSA) is 161 Å². The van der Waals surface area contributed by atoms with Gasteiger partial charge in [0.1, 0.15) is 11.3 Å². The van der Waals surface area contributed by atoms with E-state index in [0.717, 1.165) is 15.4 Å². The first-order valence-electron chi connectivity index (χ1n) is 12.3. The van der Waals surface area contributed by atoms with Gasteiger partial charge in [0.25, 0.3) is 0 Å². The van der Waals surface area contributed by atoms with Gasteiger partial charge in [-0.25, -0.2) is 14.4 Å². The largest absolute Gasteiger partial charge is 0.478 e. The van der Waals surface area contributed by atoms with Gasteiger partial charge in [-0.1, -0.05) is 28.1 Å². The van der Waals surface area contributed by atoms with Gasteiger partial charge in [0.15, 0.2) is 0 Å². The number of benzene rings is 2. The van der Waals surface area contributed by atoms with Gasteiger partial charge in [-0.15, -0.1) is 0 Å². The molecule has 10 nitrogen and oxygen atoms in total. The summed E-state index contributed by atoms with van der Waals surface area (Å²) in [6.45, 7) is 5.23. The number of nitrogens with one attached hydrogen (secondary N) is 2. The Labute approximate surface area is 233 Å². The van der Waals surface area contributed by atoms with Gasteiger partial charge < -0.3 is 30.6 Å². The summed E-state index contributed by atoms with van der Waals surface area (Å²) >= 11 is 3.50. The monoisotopic (exact) mass is 599 g/mol. The molecule has 11 heteroatoms. The summed E-state index contributed by atoms with van der Waals surface area (Å²) in [7, 11) is 1.27. The number of halogens is 1. The molecule has 1 heterocycles. The molecule has 1 aromatic heterocycles. The van der Waals surface area contributed by atoms with E-state index in [-0.39, 0.29) is 23.4 Å². The molecule has 0 fully saturated rings. The fraction of sp³-hybridized carbons (Fsp3) is 0.357. The van der Waals surface area contributed by atoms with E-state index in [4.69, 9.17) is 15.2 Å². The molecule has 5 N–H and O–H groups in total. The third-order valence-electron chi connectivity index (χ3n) is 6.70. The van der Waals surface area contributed by atoms with Crippen LogP contribution in [0.2, 0.25) is 0 Å². The van der Waals surface area contributed by atoms with Gasteiger partial charge in [0, 0.05) is 27.8 Å². The average molecular weight is 600 g/mol. The van der Waals surface area contributed by atoms with E-state index in [1.165, 1.54) is 13.2 Å². The van der Waals surface area contributed by atoms with Gasteiger partial charge in [-0.3, -0.25) is 4.79 Å². The lowest BCUT2D eigenvalue weighted by atomic mass is 9.72. The normalized spacial score (nSPS) is 15.5. The summed E-state index contributed by atoms with van der Waals surface area (Å²) in [5.74, 6) is -4.18. The number of carbonyl (C=O) groups is 4. The molecule has 0 aliphatic heterocycles. The van der Waals surface area contributed by atoms with Crippen LogP contribution in [0.4, 0.5) is 4.79 Å². The standard InChI is InChI=1S/C28H30BrN3O7/c1-28(2,3)39-27(37)31-12-13-5-7-16(18(9-13)25(34)35)21(24(30)33)17-8-6-14-10-15(29)11-19-20(14)22(17)23(32-19)26(36)38-4/h5,7,9-11,17,21,32H,6,8,12H2,1-4H3,(H2,30,33)(H,31,37)(H,34,35). The molecule has 0 bridgehead atoms. The Hall–Kier alpha value is -3.86. The zero-order chi connectivity index (χ0) is 28.6. The van der Waals surface area contributed by atoms with Crippen LogP contribution >= 0.6 is 15.9 Å². The van der Waals surface area contributed by atoms with Crippen LogP contribution in [-0.4, -0.2) is 46.7 Å². The lowest BCUT2D eigenvalue weighted by molar-refractivity contribution is -0.120. The Morgan fingerprint density at radius 2 is 1.92 bits per heavy atom. The minimum absolute atomic E-state index is 0.0211. The highest BCUT2D eigenvalue weighted by Gasteiger charge is 2.39. The van der Waals surface area contributed by atoms with Crippen molar-refractivity contribution in [2.75, 3.05) is 7.11 Å². The predicted octanol–water partition coefficient (Wildman–Crippen LogP) is 4.74. The number of aromatic nitrogens is 1. The van der Waals surface area contributed by atoms with E-state index >= 15 is 0 Å². The summed E-state index contributed by atoms with van der Waals surface area (Å²) in [6, 6.07) is 8.39. The van der Waals surface area contributed by atoms with Crippen molar-refractivity contribution in [2.45, 2.75) is 57.6 Å². The van der Waals surface area contributed by atoms with Crippen molar-refractivity contribution in [1.29, 1.82) is 0 Å². The van der Waals surface area contributed by atoms with Crippen LogP contribution in [0.3, 0.4) is 0 Å². The van der Waals surface area contributed by atoms with Gasteiger partial charge in [0.2, 0.25) is 5.91 Å². The van der Waals surface area contributed by atoms with Crippen molar-refractivity contribution in [2.24, 2.45) is 5.73 Å². The van der Waals surface area contributed by atoms with E-state index in [1.54, 1.807) is 32.9 Å². The molecule has 0 spiro atoms. The molecular weight excluding hydrogens is 570 g/mol. The molecule has 206 valence electrons. The first kappa shape index (κ1) is 28.2. The average Bonchev–Trinajstić information content (AvgIpc) is 3.23. The van der Waals surface area contributed by atoms with Crippen LogP contribution in [0.5, 0.6) is 0 Å². The summed E-state index contributed by atoms with van der Waals surface area (Å²) in [5.41, 5.74) is 8.33. The fourth-order valence-corrected chi connectivity index (χ4v) is 5.76. The van der Waals surface area contributed by atoms with E-state index in [2.05, 4.69) is 26.2 Å². The third-order valence-corrected chi connectivity index (χ3v) is 7.15. The van der Waals surface area contributed by atoms with Crippen LogP contribution in [0.15, 0.2) is 34.8 Å². The number of ether oxygens (including phenoxy) is 2. The number of carbonyl (C=O) groups excluding carboxylic acids is 3. The second-order valence-corrected chi connectivity index (χ2v) is 11.4. The number of esters is 1. The zero-order valence-corrected chi connectivity index (χ0v) is 23.6. The molecule has 2 unspecified atom stereocenters. The van der Waals surface area contributed by atoms with Crippen molar-refractivity contribution in [1.82, 2.24) is 10.3 Å². The first-order valence-corrected chi connectivity index (χ1v) is 13.1. The molecule has 2 atom stereocenters. The number of carboxylic acid groups (broad SMARTS) is 1. The number of carboxylic acids is 1. The number of methoxy groups -OCH3 is 1. The number of aromatic carboxylic acids is 1. The quantitative estimate of drug-likeness (QED) is 0.285. The lowest BCUT2D eigenvalue weighted by Gasteiger charge is -2.30. The Balaban J connectivity index is 1.78. The lowest BCUT2D eigenvalue weighted by Crippen LogP contribution is -2.32. The summed E-state index contributed by atoms with van der Waals surface area (Å²) in [6.07, 6.45) is 0.406. The molecule has 0 radical (unpaired) electrons. The number of hydrogen-bond acceptors (Lipinski definition) is 6. The van der Waals surface area contributed by atoms with Crippen LogP contribution in [-0.2, 0) is 27.2 Å². The molecule has 4 rings (SSSR count). The Morgan fingerprint density at radius 3 is 2.54 bits per heavy atom. The second kappa shape index (κ2) is 10.7. The molecule has 2 aromatic carbocycles. The molecule has 2 amide bonds. The molecule has 3 aromatic rings. The van der Waals surface area contributed by atoms with Crippen molar-refractivity contribution < 1.29 is 33.8 Å². The van der Waals surface area contributed by atoms with Crippen LogP contribution in [0.25, 0.3) is 10.9 Å². The maximum absolute atomic E-state index is 13.0. The van der Waals surface area contributed by atoms with Crippen molar-refractivity contribution in [3.63, 3.8) is 0 Å². The minimum Gasteiger partial charge on any atom is -0.478 e. The summed E-state index contributed by atoms with van der Waals surface area (Å²) < 4.78 is 11.1. The van der Waals surface area contributed by atoms with Crippen molar-refractivity contribution in [3.8, 4) is 0 Å². The first-order chi connectivity index (χ1) is 18.3. The molecular formula is C28H30BrN3O7. The highest BCUT2D eigenvalue weighted by Crippen LogP contribution is 2.47. The number of nitrogens with two attached hydrogens (primary N) is 1. The Morgan fingerprint density at radius 1 is 1.21 bits per heavy atom. The maximum Gasteiger partial charge on any atom is 0.407 e. The molecule has 39 heavy (non-hydrogen) atoms. The maximum atomic E-state index is 13.0. The number of alkyl carbamates (subject to hydrolysis) is 1.